The second-order valence-electron chi connectivity index (χ2n) is 7.97. The first-order valence-corrected chi connectivity index (χ1v) is 9.99. The zero-order chi connectivity index (χ0) is 21.3. The first-order valence-electron chi connectivity index (χ1n) is 9.99. The van der Waals surface area contributed by atoms with Crippen molar-refractivity contribution in [2.24, 2.45) is 5.92 Å². The SMILES string of the molecule is COCC(C)COc1ccc(C(C)(C)c2ccc(OCC(O)COC)cc2)cc1. The van der Waals surface area contributed by atoms with Crippen LogP contribution in [0.15, 0.2) is 48.5 Å². The molecular formula is C24H34O5. The molecule has 0 aliphatic heterocycles. The lowest BCUT2D eigenvalue weighted by Gasteiger charge is -2.26. The van der Waals surface area contributed by atoms with Crippen LogP contribution in [0, 0.1) is 5.92 Å². The fraction of sp³-hybridized carbons (Fsp3) is 0.500. The van der Waals surface area contributed by atoms with E-state index >= 15 is 0 Å². The van der Waals surface area contributed by atoms with Crippen LogP contribution in [0.4, 0.5) is 0 Å². The van der Waals surface area contributed by atoms with Gasteiger partial charge in [-0.1, -0.05) is 45.0 Å². The molecule has 5 nitrogen and oxygen atoms in total. The number of aliphatic hydroxyl groups is 1. The predicted octanol–water partition coefficient (Wildman–Crippen LogP) is 4.06. The van der Waals surface area contributed by atoms with Gasteiger partial charge >= 0.3 is 0 Å². The molecule has 5 heteroatoms. The van der Waals surface area contributed by atoms with Crippen LogP contribution < -0.4 is 9.47 Å². The van der Waals surface area contributed by atoms with Gasteiger partial charge in [0.25, 0.3) is 0 Å². The van der Waals surface area contributed by atoms with Gasteiger partial charge in [-0.05, 0) is 35.4 Å². The third kappa shape index (κ3) is 7.03. The van der Waals surface area contributed by atoms with E-state index in [-0.39, 0.29) is 18.6 Å². The molecule has 0 bridgehead atoms. The highest BCUT2D eigenvalue weighted by atomic mass is 16.5. The Kier molecular flexibility index (Phi) is 8.96. The Morgan fingerprint density at radius 1 is 0.724 bits per heavy atom. The van der Waals surface area contributed by atoms with Gasteiger partial charge in [0.1, 0.15) is 24.2 Å². The molecule has 2 aromatic carbocycles. The fourth-order valence-electron chi connectivity index (χ4n) is 3.11. The zero-order valence-corrected chi connectivity index (χ0v) is 18.2. The van der Waals surface area contributed by atoms with Crippen molar-refractivity contribution in [1.29, 1.82) is 0 Å². The van der Waals surface area contributed by atoms with E-state index in [1.54, 1.807) is 14.2 Å². The topological polar surface area (TPSA) is 57.2 Å². The quantitative estimate of drug-likeness (QED) is 0.580. The third-order valence-corrected chi connectivity index (χ3v) is 4.94. The van der Waals surface area contributed by atoms with E-state index < -0.39 is 6.10 Å². The van der Waals surface area contributed by atoms with Crippen molar-refractivity contribution in [3.05, 3.63) is 59.7 Å². The first-order chi connectivity index (χ1) is 13.9. The number of rotatable bonds is 12. The van der Waals surface area contributed by atoms with E-state index in [4.69, 9.17) is 18.9 Å². The predicted molar refractivity (Wildman–Crippen MR) is 115 cm³/mol. The molecule has 2 unspecified atom stereocenters. The van der Waals surface area contributed by atoms with Gasteiger partial charge in [-0.15, -0.1) is 0 Å². The molecule has 160 valence electrons. The van der Waals surface area contributed by atoms with Crippen molar-refractivity contribution in [1.82, 2.24) is 0 Å². The zero-order valence-electron chi connectivity index (χ0n) is 18.2. The minimum atomic E-state index is -0.630. The van der Waals surface area contributed by atoms with Gasteiger partial charge in [0.2, 0.25) is 0 Å². The maximum absolute atomic E-state index is 9.69. The molecule has 0 aromatic heterocycles. The molecule has 2 rings (SSSR count). The number of hydrogen-bond acceptors (Lipinski definition) is 5. The van der Waals surface area contributed by atoms with Crippen molar-refractivity contribution in [2.75, 3.05) is 40.6 Å². The van der Waals surface area contributed by atoms with Crippen LogP contribution >= 0.6 is 0 Å². The summed E-state index contributed by atoms with van der Waals surface area (Å²) in [7, 11) is 3.26. The van der Waals surface area contributed by atoms with E-state index in [1.165, 1.54) is 11.1 Å². The summed E-state index contributed by atoms with van der Waals surface area (Å²) < 4.78 is 21.5. The smallest absolute Gasteiger partial charge is 0.119 e. The Bertz CT molecular complexity index is 648. The van der Waals surface area contributed by atoms with Crippen LogP contribution in [0.25, 0.3) is 0 Å². The van der Waals surface area contributed by atoms with Gasteiger partial charge in [-0.2, -0.15) is 0 Å². The van der Waals surface area contributed by atoms with E-state index in [1.807, 2.05) is 24.3 Å². The Morgan fingerprint density at radius 3 is 1.62 bits per heavy atom. The number of benzene rings is 2. The summed E-state index contributed by atoms with van der Waals surface area (Å²) in [5.74, 6) is 1.95. The molecule has 0 heterocycles. The summed E-state index contributed by atoms with van der Waals surface area (Å²) in [4.78, 5) is 0. The molecular weight excluding hydrogens is 368 g/mol. The Labute approximate surface area is 174 Å². The standard InChI is InChI=1S/C24H34O5/c1-18(14-26-4)15-28-22-10-6-19(7-11-22)24(2,3)20-8-12-23(13-9-20)29-17-21(25)16-27-5/h6-13,18,21,25H,14-17H2,1-5H3. The minimum absolute atomic E-state index is 0.157. The van der Waals surface area contributed by atoms with E-state index in [0.717, 1.165) is 11.5 Å². The lowest BCUT2D eigenvalue weighted by molar-refractivity contribution is 0.0325. The van der Waals surface area contributed by atoms with Crippen LogP contribution in [-0.4, -0.2) is 51.9 Å². The van der Waals surface area contributed by atoms with E-state index in [0.29, 0.717) is 19.1 Å². The number of ether oxygens (including phenoxy) is 4. The second kappa shape index (κ2) is 11.2. The van der Waals surface area contributed by atoms with Crippen LogP contribution in [0.1, 0.15) is 31.9 Å². The number of methoxy groups -OCH3 is 2. The van der Waals surface area contributed by atoms with E-state index in [2.05, 4.69) is 45.0 Å². The maximum atomic E-state index is 9.69. The Hall–Kier alpha value is -2.08. The molecule has 2 atom stereocenters. The third-order valence-electron chi connectivity index (χ3n) is 4.94. The monoisotopic (exact) mass is 402 g/mol. The van der Waals surface area contributed by atoms with E-state index in [9.17, 15) is 5.11 Å². The molecule has 0 spiro atoms. The van der Waals surface area contributed by atoms with Crippen molar-refractivity contribution in [3.63, 3.8) is 0 Å². The van der Waals surface area contributed by atoms with Gasteiger partial charge in [0.15, 0.2) is 0 Å². The summed E-state index contributed by atoms with van der Waals surface area (Å²) in [6, 6.07) is 16.3. The number of aliphatic hydroxyl groups excluding tert-OH is 1. The van der Waals surface area contributed by atoms with Crippen molar-refractivity contribution in [2.45, 2.75) is 32.3 Å². The van der Waals surface area contributed by atoms with Gasteiger partial charge in [-0.3, -0.25) is 0 Å². The summed E-state index contributed by atoms with van der Waals surface area (Å²) in [6.07, 6.45) is -0.630. The minimum Gasteiger partial charge on any atom is -0.493 e. The molecule has 0 radical (unpaired) electrons. The van der Waals surface area contributed by atoms with Crippen molar-refractivity contribution >= 4 is 0 Å². The molecule has 2 aromatic rings. The van der Waals surface area contributed by atoms with Crippen LogP contribution in [0.5, 0.6) is 11.5 Å². The molecule has 1 N–H and O–H groups in total. The van der Waals surface area contributed by atoms with Crippen molar-refractivity contribution in [3.8, 4) is 11.5 Å². The maximum Gasteiger partial charge on any atom is 0.119 e. The molecule has 0 fully saturated rings. The molecule has 0 aliphatic carbocycles. The molecule has 0 amide bonds. The van der Waals surface area contributed by atoms with Gasteiger partial charge < -0.3 is 24.1 Å². The highest BCUT2D eigenvalue weighted by Gasteiger charge is 2.23. The van der Waals surface area contributed by atoms with Crippen LogP contribution in [0.2, 0.25) is 0 Å². The molecule has 0 aliphatic rings. The summed E-state index contributed by atoms with van der Waals surface area (Å²) >= 11 is 0. The highest BCUT2D eigenvalue weighted by molar-refractivity contribution is 5.41. The normalized spacial score (nSPS) is 13.7. The largest absolute Gasteiger partial charge is 0.493 e. The highest BCUT2D eigenvalue weighted by Crippen LogP contribution is 2.33. The first kappa shape index (κ1) is 23.2. The lowest BCUT2D eigenvalue weighted by Crippen LogP contribution is -2.22. The average Bonchev–Trinajstić information content (AvgIpc) is 2.72. The van der Waals surface area contributed by atoms with Crippen LogP contribution in [-0.2, 0) is 14.9 Å². The Balaban J connectivity index is 1.98. The van der Waals surface area contributed by atoms with Gasteiger partial charge in [0.05, 0.1) is 19.8 Å². The fourth-order valence-corrected chi connectivity index (χ4v) is 3.11. The average molecular weight is 403 g/mol. The van der Waals surface area contributed by atoms with Gasteiger partial charge in [-0.25, -0.2) is 0 Å². The lowest BCUT2D eigenvalue weighted by atomic mass is 9.78. The van der Waals surface area contributed by atoms with Crippen LogP contribution in [0.3, 0.4) is 0 Å². The summed E-state index contributed by atoms with van der Waals surface area (Å²) in [5.41, 5.74) is 2.24. The molecule has 29 heavy (non-hydrogen) atoms. The second-order valence-corrected chi connectivity index (χ2v) is 7.97. The number of hydrogen-bond donors (Lipinski definition) is 1. The molecule has 0 saturated carbocycles. The summed E-state index contributed by atoms with van der Waals surface area (Å²) in [5, 5.41) is 9.69. The van der Waals surface area contributed by atoms with Crippen molar-refractivity contribution < 1.29 is 24.1 Å². The summed E-state index contributed by atoms with van der Waals surface area (Å²) in [6.45, 7) is 8.29. The van der Waals surface area contributed by atoms with Gasteiger partial charge in [0, 0.05) is 25.6 Å². The molecule has 0 saturated heterocycles. The Morgan fingerprint density at radius 2 is 1.17 bits per heavy atom.